The molecule has 1 rings (SSSR count). The van der Waals surface area contributed by atoms with Crippen LogP contribution >= 0.6 is 0 Å². The molecule has 1 N–H and O–H groups in total. The lowest BCUT2D eigenvalue weighted by Gasteiger charge is -2.22. The van der Waals surface area contributed by atoms with E-state index in [0.29, 0.717) is 6.17 Å². The fourth-order valence-electron chi connectivity index (χ4n) is 0.883. The third kappa shape index (κ3) is 2.24. The van der Waals surface area contributed by atoms with Crippen LogP contribution in [-0.4, -0.2) is 18.1 Å². The van der Waals surface area contributed by atoms with Gasteiger partial charge in [0.1, 0.15) is 0 Å². The van der Waals surface area contributed by atoms with E-state index >= 15 is 0 Å². The minimum atomic E-state index is 0.349. The third-order valence-corrected chi connectivity index (χ3v) is 1.71. The third-order valence-electron chi connectivity index (χ3n) is 1.71. The van der Waals surface area contributed by atoms with Crippen LogP contribution in [0.5, 0.6) is 0 Å². The maximum absolute atomic E-state index is 3.16. The lowest BCUT2D eigenvalue weighted by Crippen LogP contribution is -2.34. The number of allylic oxidation sites excluding steroid dienone is 4. The second-order valence-electron chi connectivity index (χ2n) is 2.48. The van der Waals surface area contributed by atoms with Gasteiger partial charge in [0.25, 0.3) is 0 Å². The summed E-state index contributed by atoms with van der Waals surface area (Å²) in [6, 6.07) is 0. The molecule has 1 heterocycles. The maximum Gasteiger partial charge on any atom is 0.0802 e. The van der Waals surface area contributed by atoms with Crippen molar-refractivity contribution in [1.29, 1.82) is 0 Å². The van der Waals surface area contributed by atoms with Gasteiger partial charge in [0.05, 0.1) is 6.17 Å². The smallest absolute Gasteiger partial charge is 0.0802 e. The quantitative estimate of drug-likeness (QED) is 0.641. The molecule has 11 heavy (non-hydrogen) atoms. The van der Waals surface area contributed by atoms with Crippen LogP contribution in [0.4, 0.5) is 0 Å². The number of hydrogen-bond acceptors (Lipinski definition) is 2. The molecule has 1 unspecified atom stereocenters. The van der Waals surface area contributed by atoms with E-state index in [-0.39, 0.29) is 0 Å². The molecule has 0 spiro atoms. The van der Waals surface area contributed by atoms with Crippen LogP contribution in [0.3, 0.4) is 0 Å². The maximum atomic E-state index is 3.16. The number of nitrogens with one attached hydrogen (secondary N) is 1. The second kappa shape index (κ2) is 3.98. The van der Waals surface area contributed by atoms with Crippen molar-refractivity contribution in [3.05, 3.63) is 36.7 Å². The molecule has 0 aromatic heterocycles. The lowest BCUT2D eigenvalue weighted by molar-refractivity contribution is 0.347. The summed E-state index contributed by atoms with van der Waals surface area (Å²) in [7, 11) is 1.95. The Morgan fingerprint density at radius 3 is 2.09 bits per heavy atom. The van der Waals surface area contributed by atoms with Gasteiger partial charge in [-0.05, 0) is 26.1 Å². The fraction of sp³-hybridized carbons (Fsp3) is 0.333. The minimum absolute atomic E-state index is 0.349. The zero-order valence-corrected chi connectivity index (χ0v) is 6.99. The van der Waals surface area contributed by atoms with E-state index in [1.54, 1.807) is 0 Å². The Morgan fingerprint density at radius 2 is 1.64 bits per heavy atom. The van der Waals surface area contributed by atoms with Crippen LogP contribution in [0.25, 0.3) is 0 Å². The molecular formula is C9H14N2. The first kappa shape index (κ1) is 8.08. The first-order valence-corrected chi connectivity index (χ1v) is 3.81. The molecular weight excluding hydrogens is 136 g/mol. The van der Waals surface area contributed by atoms with E-state index in [1.807, 2.05) is 43.8 Å². The van der Waals surface area contributed by atoms with Gasteiger partial charge in [-0.25, -0.2) is 0 Å². The van der Waals surface area contributed by atoms with Gasteiger partial charge in [-0.3, -0.25) is 0 Å². The largest absolute Gasteiger partial charge is 0.339 e. The second-order valence-corrected chi connectivity index (χ2v) is 2.48. The van der Waals surface area contributed by atoms with E-state index in [0.717, 1.165) is 0 Å². The van der Waals surface area contributed by atoms with Crippen molar-refractivity contribution in [3.8, 4) is 0 Å². The van der Waals surface area contributed by atoms with Crippen molar-refractivity contribution in [1.82, 2.24) is 10.2 Å². The van der Waals surface area contributed by atoms with Crippen molar-refractivity contribution in [2.24, 2.45) is 0 Å². The number of rotatable bonds is 2. The standard InChI is InChI=1S/C9H14N2/c1-9(10-2)11-7-5-3-4-6-8-11/h3-10H,1-2H3. The van der Waals surface area contributed by atoms with Crippen LogP contribution in [0, 0.1) is 0 Å². The SMILES string of the molecule is CNC(C)N1C=CC=CC=C1. The van der Waals surface area contributed by atoms with Crippen LogP contribution in [0.2, 0.25) is 0 Å². The molecule has 0 amide bonds. The summed E-state index contributed by atoms with van der Waals surface area (Å²) in [6.45, 7) is 2.11. The molecule has 2 heteroatoms. The predicted molar refractivity (Wildman–Crippen MR) is 47.8 cm³/mol. The first-order valence-electron chi connectivity index (χ1n) is 3.81. The van der Waals surface area contributed by atoms with E-state index < -0.39 is 0 Å². The van der Waals surface area contributed by atoms with Gasteiger partial charge < -0.3 is 10.2 Å². The zero-order chi connectivity index (χ0) is 8.10. The number of nitrogens with zero attached hydrogens (tertiary/aromatic N) is 1. The molecule has 0 aliphatic carbocycles. The van der Waals surface area contributed by atoms with Gasteiger partial charge in [0.15, 0.2) is 0 Å². The van der Waals surface area contributed by atoms with Gasteiger partial charge in [0, 0.05) is 12.4 Å². The average Bonchev–Trinajstić information content (AvgIpc) is 2.30. The van der Waals surface area contributed by atoms with Gasteiger partial charge in [-0.2, -0.15) is 0 Å². The molecule has 1 atom stereocenters. The first-order chi connectivity index (χ1) is 5.34. The highest BCUT2D eigenvalue weighted by atomic mass is 15.2. The molecule has 1 aliphatic heterocycles. The van der Waals surface area contributed by atoms with Crippen LogP contribution in [-0.2, 0) is 0 Å². The molecule has 0 radical (unpaired) electrons. The average molecular weight is 150 g/mol. The number of hydrogen-bond donors (Lipinski definition) is 1. The highest BCUT2D eigenvalue weighted by Gasteiger charge is 2.02. The molecule has 0 bridgehead atoms. The summed E-state index contributed by atoms with van der Waals surface area (Å²) in [5, 5.41) is 3.16. The van der Waals surface area contributed by atoms with E-state index in [1.165, 1.54) is 0 Å². The molecule has 0 saturated heterocycles. The van der Waals surface area contributed by atoms with Gasteiger partial charge in [-0.15, -0.1) is 0 Å². The van der Waals surface area contributed by atoms with E-state index in [4.69, 9.17) is 0 Å². The van der Waals surface area contributed by atoms with Crippen molar-refractivity contribution in [2.75, 3.05) is 7.05 Å². The predicted octanol–water partition coefficient (Wildman–Crippen LogP) is 1.45. The Balaban J connectivity index is 2.59. The highest BCUT2D eigenvalue weighted by molar-refractivity contribution is 5.15. The van der Waals surface area contributed by atoms with Crippen LogP contribution < -0.4 is 5.32 Å². The van der Waals surface area contributed by atoms with Gasteiger partial charge in [-0.1, -0.05) is 12.2 Å². The Hall–Kier alpha value is -1.02. The Morgan fingerprint density at radius 1 is 1.09 bits per heavy atom. The minimum Gasteiger partial charge on any atom is -0.339 e. The topological polar surface area (TPSA) is 15.3 Å². The molecule has 0 fully saturated rings. The van der Waals surface area contributed by atoms with Gasteiger partial charge >= 0.3 is 0 Å². The zero-order valence-electron chi connectivity index (χ0n) is 6.99. The van der Waals surface area contributed by atoms with Gasteiger partial charge in [0.2, 0.25) is 0 Å². The van der Waals surface area contributed by atoms with E-state index in [9.17, 15) is 0 Å². The van der Waals surface area contributed by atoms with E-state index in [2.05, 4.69) is 17.1 Å². The molecule has 0 saturated carbocycles. The molecule has 2 nitrogen and oxygen atoms in total. The fourth-order valence-corrected chi connectivity index (χ4v) is 0.883. The van der Waals surface area contributed by atoms with Crippen LogP contribution in [0.15, 0.2) is 36.7 Å². The summed E-state index contributed by atoms with van der Waals surface area (Å²) in [6.07, 6.45) is 12.5. The summed E-state index contributed by atoms with van der Waals surface area (Å²) >= 11 is 0. The molecule has 1 aliphatic rings. The molecule has 0 aromatic carbocycles. The summed E-state index contributed by atoms with van der Waals surface area (Å²) in [4.78, 5) is 2.11. The normalized spacial score (nSPS) is 18.5. The lowest BCUT2D eigenvalue weighted by atomic mass is 10.5. The Labute approximate surface area is 67.9 Å². The Bertz CT molecular complexity index is 176. The van der Waals surface area contributed by atoms with Crippen molar-refractivity contribution in [3.63, 3.8) is 0 Å². The highest BCUT2D eigenvalue weighted by Crippen LogP contribution is 2.01. The molecule has 0 aromatic rings. The van der Waals surface area contributed by atoms with Crippen molar-refractivity contribution in [2.45, 2.75) is 13.1 Å². The Kier molecular flexibility index (Phi) is 2.93. The summed E-state index contributed by atoms with van der Waals surface area (Å²) in [5.74, 6) is 0. The monoisotopic (exact) mass is 150 g/mol. The van der Waals surface area contributed by atoms with Crippen molar-refractivity contribution >= 4 is 0 Å². The summed E-state index contributed by atoms with van der Waals surface area (Å²) in [5.41, 5.74) is 0. The summed E-state index contributed by atoms with van der Waals surface area (Å²) < 4.78 is 0. The van der Waals surface area contributed by atoms with Crippen LogP contribution in [0.1, 0.15) is 6.92 Å². The molecule has 60 valence electrons. The van der Waals surface area contributed by atoms with Crippen molar-refractivity contribution < 1.29 is 0 Å².